The van der Waals surface area contributed by atoms with E-state index in [0.717, 1.165) is 21.6 Å². The molecule has 0 spiro atoms. The number of halogens is 1. The molecule has 0 aliphatic carbocycles. The van der Waals surface area contributed by atoms with Gasteiger partial charge in [-0.15, -0.1) is 0 Å². The number of amides is 3. The summed E-state index contributed by atoms with van der Waals surface area (Å²) in [6.07, 6.45) is 1.33. The van der Waals surface area contributed by atoms with Gasteiger partial charge >= 0.3 is 0 Å². The van der Waals surface area contributed by atoms with Gasteiger partial charge in [0.1, 0.15) is 12.4 Å². The van der Waals surface area contributed by atoms with Crippen molar-refractivity contribution in [3.8, 4) is 0 Å². The molecule has 1 aliphatic rings. The van der Waals surface area contributed by atoms with E-state index in [9.17, 15) is 18.8 Å². The number of aryl methyl sites for hydroxylation is 3. The number of carbonyl (C=O) groups excluding carboxylic acids is 3. The molecule has 0 bridgehead atoms. The van der Waals surface area contributed by atoms with Crippen molar-refractivity contribution in [2.45, 2.75) is 20.8 Å². The molecule has 1 aliphatic heterocycles. The summed E-state index contributed by atoms with van der Waals surface area (Å²) in [5, 5.41) is 2.22. The predicted octanol–water partition coefficient (Wildman–Crippen LogP) is 4.43. The molecule has 28 heavy (non-hydrogen) atoms. The van der Waals surface area contributed by atoms with Crippen molar-refractivity contribution >= 4 is 40.6 Å². The number of hydrogen-bond acceptors (Lipinski definition) is 4. The van der Waals surface area contributed by atoms with Gasteiger partial charge in [-0.25, -0.2) is 4.39 Å². The van der Waals surface area contributed by atoms with Crippen molar-refractivity contribution in [3.05, 3.63) is 69.4 Å². The van der Waals surface area contributed by atoms with E-state index >= 15 is 0 Å². The van der Waals surface area contributed by atoms with Crippen molar-refractivity contribution in [1.82, 2.24) is 4.90 Å². The zero-order valence-corrected chi connectivity index (χ0v) is 16.5. The highest BCUT2D eigenvalue weighted by molar-refractivity contribution is 8.18. The minimum absolute atomic E-state index is 0.0885. The largest absolute Gasteiger partial charge is 0.324 e. The summed E-state index contributed by atoms with van der Waals surface area (Å²) < 4.78 is 13.8. The monoisotopic (exact) mass is 398 g/mol. The third-order valence-electron chi connectivity index (χ3n) is 4.31. The van der Waals surface area contributed by atoms with Crippen LogP contribution in [0.5, 0.6) is 0 Å². The zero-order chi connectivity index (χ0) is 20.4. The van der Waals surface area contributed by atoms with Crippen LogP contribution in [0.15, 0.2) is 41.3 Å². The maximum atomic E-state index is 13.8. The average Bonchev–Trinajstić information content (AvgIpc) is 2.87. The van der Waals surface area contributed by atoms with Crippen LogP contribution in [0.3, 0.4) is 0 Å². The smallest absolute Gasteiger partial charge is 0.294 e. The third-order valence-corrected chi connectivity index (χ3v) is 5.22. The van der Waals surface area contributed by atoms with Crippen LogP contribution < -0.4 is 5.32 Å². The van der Waals surface area contributed by atoms with Crippen LogP contribution in [0.4, 0.5) is 14.9 Å². The summed E-state index contributed by atoms with van der Waals surface area (Å²) in [5.74, 6) is -1.56. The first-order chi connectivity index (χ1) is 13.3. The van der Waals surface area contributed by atoms with E-state index in [1.165, 1.54) is 24.3 Å². The molecule has 5 nitrogen and oxygen atoms in total. The van der Waals surface area contributed by atoms with E-state index in [2.05, 4.69) is 5.32 Å². The molecule has 2 aromatic rings. The number of carbonyl (C=O) groups is 3. The molecule has 7 heteroatoms. The molecule has 3 rings (SSSR count). The number of anilines is 1. The first-order valence-corrected chi connectivity index (χ1v) is 9.45. The third kappa shape index (κ3) is 4.14. The van der Waals surface area contributed by atoms with Gasteiger partial charge in [-0.1, -0.05) is 35.9 Å². The summed E-state index contributed by atoms with van der Waals surface area (Å²) in [7, 11) is 0. The number of benzene rings is 2. The number of nitrogens with one attached hydrogen (secondary N) is 1. The van der Waals surface area contributed by atoms with E-state index in [1.807, 2.05) is 32.9 Å². The Labute approximate surface area is 166 Å². The molecule has 1 fully saturated rings. The Kier molecular flexibility index (Phi) is 5.65. The maximum Gasteiger partial charge on any atom is 0.294 e. The van der Waals surface area contributed by atoms with Gasteiger partial charge in [-0.3, -0.25) is 19.3 Å². The number of imide groups is 1. The van der Waals surface area contributed by atoms with Crippen LogP contribution in [-0.2, 0) is 9.59 Å². The Balaban J connectivity index is 1.74. The van der Waals surface area contributed by atoms with Crippen LogP contribution in [0.1, 0.15) is 22.3 Å². The van der Waals surface area contributed by atoms with E-state index in [1.54, 1.807) is 6.07 Å². The second-order valence-electron chi connectivity index (χ2n) is 6.61. The van der Waals surface area contributed by atoms with Gasteiger partial charge in [0, 0.05) is 11.3 Å². The van der Waals surface area contributed by atoms with Crippen LogP contribution >= 0.6 is 11.8 Å². The number of nitrogens with zero attached hydrogens (tertiary/aromatic N) is 1. The molecule has 1 heterocycles. The molecule has 2 aromatic carbocycles. The normalized spacial score (nSPS) is 15.4. The fraction of sp³-hybridized carbons (Fsp3) is 0.190. The van der Waals surface area contributed by atoms with Gasteiger partial charge in [-0.2, -0.15) is 0 Å². The van der Waals surface area contributed by atoms with E-state index in [-0.39, 0.29) is 10.5 Å². The summed E-state index contributed by atoms with van der Waals surface area (Å²) in [4.78, 5) is 38.1. The van der Waals surface area contributed by atoms with Crippen molar-refractivity contribution in [3.63, 3.8) is 0 Å². The summed E-state index contributed by atoms with van der Waals surface area (Å²) in [6.45, 7) is 5.33. The first kappa shape index (κ1) is 19.8. The standard InChI is InChI=1S/C21H19FN2O3S/c1-12-8-13(2)19(14(3)9-12)23-18(25)11-24-20(26)17(28-21(24)27)10-15-6-4-5-7-16(15)22/h4-10H,11H2,1-3H3,(H,23,25)/b17-10+. The Hall–Kier alpha value is -2.93. The number of thioether (sulfide) groups is 1. The number of hydrogen-bond donors (Lipinski definition) is 1. The first-order valence-electron chi connectivity index (χ1n) is 8.64. The second kappa shape index (κ2) is 7.98. The highest BCUT2D eigenvalue weighted by Gasteiger charge is 2.36. The van der Waals surface area contributed by atoms with Gasteiger partial charge in [0.2, 0.25) is 5.91 Å². The lowest BCUT2D eigenvalue weighted by Crippen LogP contribution is -2.36. The van der Waals surface area contributed by atoms with Gasteiger partial charge in [0.05, 0.1) is 4.91 Å². The SMILES string of the molecule is Cc1cc(C)c(NC(=O)CN2C(=O)S/C(=C/c3ccccc3F)C2=O)c(C)c1. The Morgan fingerprint density at radius 3 is 2.43 bits per heavy atom. The molecular weight excluding hydrogens is 379 g/mol. The highest BCUT2D eigenvalue weighted by atomic mass is 32.2. The topological polar surface area (TPSA) is 66.5 Å². The fourth-order valence-electron chi connectivity index (χ4n) is 3.07. The van der Waals surface area contributed by atoms with Crippen LogP contribution in [-0.4, -0.2) is 28.5 Å². The van der Waals surface area contributed by atoms with Crippen molar-refractivity contribution in [1.29, 1.82) is 0 Å². The lowest BCUT2D eigenvalue weighted by atomic mass is 10.1. The minimum Gasteiger partial charge on any atom is -0.324 e. The van der Waals surface area contributed by atoms with Gasteiger partial charge < -0.3 is 5.32 Å². The van der Waals surface area contributed by atoms with Crippen molar-refractivity contribution < 1.29 is 18.8 Å². The van der Waals surface area contributed by atoms with Crippen LogP contribution in [0, 0.1) is 26.6 Å². The Morgan fingerprint density at radius 2 is 1.79 bits per heavy atom. The Bertz CT molecular complexity index is 993. The summed E-state index contributed by atoms with van der Waals surface area (Å²) >= 11 is 0.694. The molecular formula is C21H19FN2O3S. The molecule has 3 amide bonds. The Morgan fingerprint density at radius 1 is 1.14 bits per heavy atom. The molecule has 1 saturated heterocycles. The van der Waals surface area contributed by atoms with E-state index in [0.29, 0.717) is 17.4 Å². The van der Waals surface area contributed by atoms with Gasteiger partial charge in [-0.05, 0) is 55.8 Å². The minimum atomic E-state index is -0.606. The predicted molar refractivity (Wildman–Crippen MR) is 108 cm³/mol. The maximum absolute atomic E-state index is 13.8. The molecule has 144 valence electrons. The van der Waals surface area contributed by atoms with E-state index < -0.39 is 29.4 Å². The summed E-state index contributed by atoms with van der Waals surface area (Å²) in [6, 6.07) is 9.85. The molecule has 0 saturated carbocycles. The van der Waals surface area contributed by atoms with E-state index in [4.69, 9.17) is 0 Å². The fourth-order valence-corrected chi connectivity index (χ4v) is 3.90. The van der Waals surface area contributed by atoms with Crippen LogP contribution in [0.2, 0.25) is 0 Å². The second-order valence-corrected chi connectivity index (χ2v) is 7.60. The molecule has 0 atom stereocenters. The lowest BCUT2D eigenvalue weighted by molar-refractivity contribution is -0.127. The molecule has 0 radical (unpaired) electrons. The van der Waals surface area contributed by atoms with Gasteiger partial charge in [0.25, 0.3) is 11.1 Å². The quantitative estimate of drug-likeness (QED) is 0.774. The van der Waals surface area contributed by atoms with Crippen molar-refractivity contribution in [2.24, 2.45) is 0 Å². The molecule has 1 N–H and O–H groups in total. The lowest BCUT2D eigenvalue weighted by Gasteiger charge is -2.15. The molecule has 0 aromatic heterocycles. The highest BCUT2D eigenvalue weighted by Crippen LogP contribution is 2.32. The van der Waals surface area contributed by atoms with Crippen molar-refractivity contribution in [2.75, 3.05) is 11.9 Å². The molecule has 0 unspecified atom stereocenters. The van der Waals surface area contributed by atoms with Gasteiger partial charge in [0.15, 0.2) is 0 Å². The zero-order valence-electron chi connectivity index (χ0n) is 15.7. The summed E-state index contributed by atoms with van der Waals surface area (Å²) in [5.41, 5.74) is 3.77. The van der Waals surface area contributed by atoms with Crippen LogP contribution in [0.25, 0.3) is 6.08 Å². The number of rotatable bonds is 4. The average molecular weight is 398 g/mol.